The first-order valence-corrected chi connectivity index (χ1v) is 5.55. The highest BCUT2D eigenvalue weighted by molar-refractivity contribution is 5.68. The van der Waals surface area contributed by atoms with Gasteiger partial charge in [-0.05, 0) is 18.2 Å². The van der Waals surface area contributed by atoms with E-state index in [0.717, 1.165) is 17.4 Å². The molecule has 17 heavy (non-hydrogen) atoms. The second kappa shape index (κ2) is 7.36. The maximum atomic E-state index is 11.1. The van der Waals surface area contributed by atoms with Crippen LogP contribution in [0.2, 0.25) is 0 Å². The van der Waals surface area contributed by atoms with Crippen molar-refractivity contribution in [1.82, 2.24) is 0 Å². The van der Waals surface area contributed by atoms with E-state index in [1.807, 2.05) is 60.7 Å². The summed E-state index contributed by atoms with van der Waals surface area (Å²) in [6.07, 6.45) is 0.991. The number of benzene rings is 2. The zero-order valence-electron chi connectivity index (χ0n) is 9.91. The third kappa shape index (κ3) is 3.54. The van der Waals surface area contributed by atoms with Crippen LogP contribution in [0.5, 0.6) is 0 Å². The van der Waals surface area contributed by atoms with E-state index in [1.165, 1.54) is 7.05 Å². The van der Waals surface area contributed by atoms with Gasteiger partial charge in [-0.3, -0.25) is 0 Å². The number of rotatable bonds is 3. The van der Waals surface area contributed by atoms with Crippen LogP contribution in [0, 0.1) is 0 Å². The average molecular weight is 227 g/mol. The van der Waals surface area contributed by atoms with Gasteiger partial charge in [0.1, 0.15) is 6.29 Å². The molecule has 0 unspecified atom stereocenters. The van der Waals surface area contributed by atoms with Gasteiger partial charge in [-0.1, -0.05) is 60.7 Å². The molecule has 0 aromatic heterocycles. The van der Waals surface area contributed by atoms with Crippen molar-refractivity contribution in [2.75, 3.05) is 7.05 Å². The lowest BCUT2D eigenvalue weighted by molar-refractivity contribution is -0.108. The van der Waals surface area contributed by atoms with Gasteiger partial charge in [0.05, 0.1) is 5.92 Å². The zero-order chi connectivity index (χ0) is 12.5. The number of carbonyl (C=O) groups excluding carboxylic acids is 1. The molecule has 88 valence electrons. The second-order valence-electron chi connectivity index (χ2n) is 3.44. The van der Waals surface area contributed by atoms with Crippen LogP contribution in [0.3, 0.4) is 0 Å². The number of hydrogen-bond donors (Lipinski definition) is 1. The first kappa shape index (κ1) is 13.1. The monoisotopic (exact) mass is 227 g/mol. The Kier molecular flexibility index (Phi) is 5.69. The van der Waals surface area contributed by atoms with Crippen LogP contribution >= 0.6 is 0 Å². The Labute approximate surface area is 102 Å². The van der Waals surface area contributed by atoms with Crippen molar-refractivity contribution in [1.29, 1.82) is 0 Å². The molecule has 2 aromatic rings. The first-order valence-electron chi connectivity index (χ1n) is 5.55. The first-order chi connectivity index (χ1) is 8.42. The minimum atomic E-state index is -0.146. The summed E-state index contributed by atoms with van der Waals surface area (Å²) in [5, 5.41) is 0. The molecule has 0 bridgehead atoms. The van der Waals surface area contributed by atoms with Crippen molar-refractivity contribution in [2.45, 2.75) is 5.92 Å². The Morgan fingerprint density at radius 3 is 1.47 bits per heavy atom. The lowest BCUT2D eigenvalue weighted by Gasteiger charge is -2.10. The molecule has 2 nitrogen and oxygen atoms in total. The Hall–Kier alpha value is -1.93. The molecule has 0 aliphatic rings. The Balaban J connectivity index is 0.000000686. The minimum absolute atomic E-state index is 0.146. The van der Waals surface area contributed by atoms with Gasteiger partial charge in [0.15, 0.2) is 0 Å². The lowest BCUT2D eigenvalue weighted by atomic mass is 9.93. The topological polar surface area (TPSA) is 43.1 Å². The summed E-state index contributed by atoms with van der Waals surface area (Å²) >= 11 is 0. The maximum absolute atomic E-state index is 11.1. The average Bonchev–Trinajstić information content (AvgIpc) is 2.44. The molecule has 0 saturated carbocycles. The minimum Gasteiger partial charge on any atom is -0.333 e. The number of nitrogens with two attached hydrogens (primary N) is 1. The number of hydrogen-bond acceptors (Lipinski definition) is 2. The van der Waals surface area contributed by atoms with E-state index in [9.17, 15) is 4.79 Å². The fraction of sp³-hybridized carbons (Fsp3) is 0.133. The van der Waals surface area contributed by atoms with Gasteiger partial charge in [-0.2, -0.15) is 0 Å². The summed E-state index contributed by atoms with van der Waals surface area (Å²) in [7, 11) is 1.50. The third-order valence-electron chi connectivity index (χ3n) is 2.45. The fourth-order valence-corrected chi connectivity index (χ4v) is 1.67. The molecule has 0 radical (unpaired) electrons. The number of carbonyl (C=O) groups is 1. The highest BCUT2D eigenvalue weighted by Crippen LogP contribution is 2.21. The standard InChI is InChI=1S/C14H12O.CH5N/c15-11-14(12-7-3-1-4-8-12)13-9-5-2-6-10-13;1-2/h1-11,14H;2H2,1H3. The van der Waals surface area contributed by atoms with Gasteiger partial charge in [0.25, 0.3) is 0 Å². The molecule has 2 N–H and O–H groups in total. The summed E-state index contributed by atoms with van der Waals surface area (Å²) < 4.78 is 0. The van der Waals surface area contributed by atoms with Crippen molar-refractivity contribution in [3.05, 3.63) is 71.8 Å². The van der Waals surface area contributed by atoms with Crippen molar-refractivity contribution in [3.8, 4) is 0 Å². The molecular formula is C15H17NO. The molecule has 2 rings (SSSR count). The van der Waals surface area contributed by atoms with Crippen LogP contribution < -0.4 is 5.73 Å². The molecule has 0 saturated heterocycles. The fourth-order valence-electron chi connectivity index (χ4n) is 1.67. The van der Waals surface area contributed by atoms with Gasteiger partial charge in [0.2, 0.25) is 0 Å². The van der Waals surface area contributed by atoms with E-state index in [0.29, 0.717) is 0 Å². The largest absolute Gasteiger partial charge is 0.333 e. The van der Waals surface area contributed by atoms with Crippen LogP contribution in [-0.2, 0) is 4.79 Å². The highest BCUT2D eigenvalue weighted by Gasteiger charge is 2.11. The highest BCUT2D eigenvalue weighted by atomic mass is 16.1. The maximum Gasteiger partial charge on any atom is 0.131 e. The molecule has 0 fully saturated rings. The van der Waals surface area contributed by atoms with Crippen molar-refractivity contribution in [2.24, 2.45) is 5.73 Å². The van der Waals surface area contributed by atoms with Gasteiger partial charge < -0.3 is 10.5 Å². The van der Waals surface area contributed by atoms with Crippen LogP contribution in [0.15, 0.2) is 60.7 Å². The van der Waals surface area contributed by atoms with E-state index < -0.39 is 0 Å². The van der Waals surface area contributed by atoms with Crippen LogP contribution in [0.4, 0.5) is 0 Å². The smallest absolute Gasteiger partial charge is 0.131 e. The normalized spacial score (nSPS) is 9.35. The third-order valence-corrected chi connectivity index (χ3v) is 2.45. The SMILES string of the molecule is CN.O=CC(c1ccccc1)c1ccccc1. The summed E-state index contributed by atoms with van der Waals surface area (Å²) in [6, 6.07) is 19.6. The van der Waals surface area contributed by atoms with Crippen LogP contribution in [0.25, 0.3) is 0 Å². The lowest BCUT2D eigenvalue weighted by Crippen LogP contribution is -2.01. The van der Waals surface area contributed by atoms with Crippen molar-refractivity contribution < 1.29 is 4.79 Å². The van der Waals surface area contributed by atoms with E-state index in [1.54, 1.807) is 0 Å². The quantitative estimate of drug-likeness (QED) is 0.819. The molecule has 0 spiro atoms. The van der Waals surface area contributed by atoms with Crippen LogP contribution in [-0.4, -0.2) is 13.3 Å². The Morgan fingerprint density at radius 1 is 0.824 bits per heavy atom. The van der Waals surface area contributed by atoms with Crippen molar-refractivity contribution >= 4 is 6.29 Å². The summed E-state index contributed by atoms with van der Waals surface area (Å²) in [5.74, 6) is -0.146. The molecule has 0 aliphatic heterocycles. The van der Waals surface area contributed by atoms with Gasteiger partial charge in [-0.25, -0.2) is 0 Å². The van der Waals surface area contributed by atoms with E-state index in [4.69, 9.17) is 0 Å². The Morgan fingerprint density at radius 2 is 1.18 bits per heavy atom. The predicted octanol–water partition coefficient (Wildman–Crippen LogP) is 2.59. The molecular weight excluding hydrogens is 210 g/mol. The van der Waals surface area contributed by atoms with Crippen molar-refractivity contribution in [3.63, 3.8) is 0 Å². The number of aldehydes is 1. The summed E-state index contributed by atoms with van der Waals surface area (Å²) in [6.45, 7) is 0. The van der Waals surface area contributed by atoms with E-state index >= 15 is 0 Å². The zero-order valence-corrected chi connectivity index (χ0v) is 9.91. The molecule has 2 heteroatoms. The predicted molar refractivity (Wildman–Crippen MR) is 70.9 cm³/mol. The molecule has 0 atom stereocenters. The van der Waals surface area contributed by atoms with E-state index in [2.05, 4.69) is 5.73 Å². The molecule has 0 aliphatic carbocycles. The van der Waals surface area contributed by atoms with Gasteiger partial charge in [-0.15, -0.1) is 0 Å². The molecule has 0 amide bonds. The Bertz CT molecular complexity index is 386. The molecule has 0 heterocycles. The molecule has 2 aromatic carbocycles. The van der Waals surface area contributed by atoms with Crippen LogP contribution in [0.1, 0.15) is 17.0 Å². The van der Waals surface area contributed by atoms with Gasteiger partial charge >= 0.3 is 0 Å². The summed E-state index contributed by atoms with van der Waals surface area (Å²) in [4.78, 5) is 11.1. The van der Waals surface area contributed by atoms with Gasteiger partial charge in [0, 0.05) is 0 Å². The second-order valence-corrected chi connectivity index (χ2v) is 3.44. The summed E-state index contributed by atoms with van der Waals surface area (Å²) in [5.41, 5.74) is 6.58. The van der Waals surface area contributed by atoms with E-state index in [-0.39, 0.29) is 5.92 Å².